The lowest BCUT2D eigenvalue weighted by Gasteiger charge is -2.16. The number of aryl methyl sites for hydroxylation is 2. The molecule has 3 rings (SSSR count). The fraction of sp³-hybridized carbons (Fsp3) is 0.286. The molecule has 1 heterocycles. The summed E-state index contributed by atoms with van der Waals surface area (Å²) in [5.41, 5.74) is 6.89. The van der Waals surface area contributed by atoms with E-state index in [4.69, 9.17) is 0 Å². The van der Waals surface area contributed by atoms with Crippen LogP contribution in [0, 0.1) is 19.8 Å². The Hall–Kier alpha value is -2.95. The van der Waals surface area contributed by atoms with E-state index in [1.807, 2.05) is 56.3 Å². The van der Waals surface area contributed by atoms with Crippen LogP contribution in [0.25, 0.3) is 0 Å². The second kappa shape index (κ2) is 7.95. The Kier molecular flexibility index (Phi) is 5.46. The van der Waals surface area contributed by atoms with Crippen LogP contribution in [-0.4, -0.2) is 29.5 Å². The first-order valence-electron chi connectivity index (χ1n) is 8.75. The van der Waals surface area contributed by atoms with Crippen molar-refractivity contribution in [1.82, 2.24) is 10.3 Å². The van der Waals surface area contributed by atoms with Crippen molar-refractivity contribution in [3.8, 4) is 0 Å². The van der Waals surface area contributed by atoms with Gasteiger partial charge in [0.1, 0.15) is 0 Å². The van der Waals surface area contributed by atoms with Crippen LogP contribution in [0.2, 0.25) is 0 Å². The van der Waals surface area contributed by atoms with Crippen molar-refractivity contribution in [3.05, 3.63) is 70.8 Å². The fourth-order valence-corrected chi connectivity index (χ4v) is 3.13. The number of nitrogens with one attached hydrogen (secondary N) is 1. The van der Waals surface area contributed by atoms with E-state index in [0.717, 1.165) is 16.7 Å². The summed E-state index contributed by atoms with van der Waals surface area (Å²) in [6, 6.07) is 15.8. The molecule has 1 unspecified atom stereocenters. The van der Waals surface area contributed by atoms with Gasteiger partial charge in [-0.1, -0.05) is 54.1 Å². The van der Waals surface area contributed by atoms with Gasteiger partial charge >= 0.3 is 0 Å². The number of hydrogen-bond acceptors (Lipinski definition) is 3. The minimum atomic E-state index is -0.359. The molecule has 0 spiro atoms. The molecule has 0 saturated carbocycles. The van der Waals surface area contributed by atoms with Crippen LogP contribution in [0.5, 0.6) is 0 Å². The molecular formula is C21H23N3O2. The number of carbonyl (C=O) groups is 2. The highest BCUT2D eigenvalue weighted by molar-refractivity contribution is 5.90. The molecule has 0 aliphatic carbocycles. The Labute approximate surface area is 153 Å². The van der Waals surface area contributed by atoms with Crippen LogP contribution in [-0.2, 0) is 16.1 Å². The number of rotatable bonds is 5. The lowest BCUT2D eigenvalue weighted by atomic mass is 10.1. The van der Waals surface area contributed by atoms with E-state index in [-0.39, 0.29) is 24.2 Å². The van der Waals surface area contributed by atoms with Crippen molar-refractivity contribution in [1.29, 1.82) is 0 Å². The number of hydrogen-bond donors (Lipinski definition) is 1. The summed E-state index contributed by atoms with van der Waals surface area (Å²) < 4.78 is 0. The quantitative estimate of drug-likeness (QED) is 0.666. The third-order valence-electron chi connectivity index (χ3n) is 4.61. The van der Waals surface area contributed by atoms with Crippen LogP contribution in [0.15, 0.2) is 53.6 Å². The van der Waals surface area contributed by atoms with Crippen molar-refractivity contribution in [2.45, 2.75) is 26.8 Å². The van der Waals surface area contributed by atoms with Crippen molar-refractivity contribution >= 4 is 18.0 Å². The number of benzene rings is 2. The van der Waals surface area contributed by atoms with Crippen LogP contribution >= 0.6 is 0 Å². The molecule has 2 amide bonds. The molecule has 1 saturated heterocycles. The average Bonchev–Trinajstić information content (AvgIpc) is 2.98. The van der Waals surface area contributed by atoms with Gasteiger partial charge in [0.2, 0.25) is 11.8 Å². The molecule has 5 nitrogen and oxygen atoms in total. The molecule has 1 N–H and O–H groups in total. The van der Waals surface area contributed by atoms with Crippen LogP contribution < -0.4 is 5.43 Å². The van der Waals surface area contributed by atoms with Crippen molar-refractivity contribution < 1.29 is 9.59 Å². The zero-order chi connectivity index (χ0) is 18.5. The van der Waals surface area contributed by atoms with Gasteiger partial charge in [0.15, 0.2) is 0 Å². The molecule has 1 aliphatic rings. The Bertz CT molecular complexity index is 830. The Morgan fingerprint density at radius 2 is 2.00 bits per heavy atom. The normalized spacial score (nSPS) is 17.1. The second-order valence-electron chi connectivity index (χ2n) is 6.76. The van der Waals surface area contributed by atoms with Crippen LogP contribution in [0.1, 0.15) is 28.7 Å². The zero-order valence-corrected chi connectivity index (χ0v) is 15.1. The standard InChI is InChI=1S/C21H23N3O2/c1-15-8-9-18(16(2)10-15)12-22-23-21(26)19-11-20(25)24(14-19)13-17-6-4-3-5-7-17/h3-10,12,19H,11,13-14H2,1-2H3,(H,23,26)/b22-12+. The predicted octanol–water partition coefficient (Wildman–Crippen LogP) is 2.80. The van der Waals surface area contributed by atoms with Crippen molar-refractivity contribution in [2.75, 3.05) is 6.54 Å². The van der Waals surface area contributed by atoms with Gasteiger partial charge in [-0.3, -0.25) is 9.59 Å². The van der Waals surface area contributed by atoms with Gasteiger partial charge in [-0.2, -0.15) is 5.10 Å². The molecule has 2 aromatic rings. The van der Waals surface area contributed by atoms with Gasteiger partial charge in [-0.15, -0.1) is 0 Å². The maximum absolute atomic E-state index is 12.3. The topological polar surface area (TPSA) is 61.8 Å². The zero-order valence-electron chi connectivity index (χ0n) is 15.1. The van der Waals surface area contributed by atoms with E-state index < -0.39 is 0 Å². The molecule has 1 fully saturated rings. The van der Waals surface area contributed by atoms with E-state index >= 15 is 0 Å². The van der Waals surface area contributed by atoms with Gasteiger partial charge in [-0.05, 0) is 30.5 Å². The number of likely N-dealkylation sites (tertiary alicyclic amines) is 1. The summed E-state index contributed by atoms with van der Waals surface area (Å²) in [5, 5.41) is 4.06. The lowest BCUT2D eigenvalue weighted by molar-refractivity contribution is -0.129. The number of nitrogens with zero attached hydrogens (tertiary/aromatic N) is 2. The second-order valence-corrected chi connectivity index (χ2v) is 6.76. The van der Waals surface area contributed by atoms with Crippen LogP contribution in [0.4, 0.5) is 0 Å². The third kappa shape index (κ3) is 4.36. The van der Waals surface area contributed by atoms with Gasteiger partial charge in [0.05, 0.1) is 12.1 Å². The summed E-state index contributed by atoms with van der Waals surface area (Å²) in [6.45, 7) is 5.01. The van der Waals surface area contributed by atoms with E-state index in [9.17, 15) is 9.59 Å². The summed E-state index contributed by atoms with van der Waals surface area (Å²) in [5.74, 6) is -0.565. The first kappa shape index (κ1) is 17.9. The number of amides is 2. The summed E-state index contributed by atoms with van der Waals surface area (Å²) >= 11 is 0. The Balaban J connectivity index is 1.55. The molecule has 2 aromatic carbocycles. The molecule has 26 heavy (non-hydrogen) atoms. The summed E-state index contributed by atoms with van der Waals surface area (Å²) in [6.07, 6.45) is 1.88. The first-order valence-corrected chi connectivity index (χ1v) is 8.75. The molecular weight excluding hydrogens is 326 g/mol. The molecule has 1 aliphatic heterocycles. The first-order chi connectivity index (χ1) is 12.5. The van der Waals surface area contributed by atoms with E-state index in [1.165, 1.54) is 5.56 Å². The van der Waals surface area contributed by atoms with Crippen molar-refractivity contribution in [3.63, 3.8) is 0 Å². The highest BCUT2D eigenvalue weighted by Gasteiger charge is 2.34. The summed E-state index contributed by atoms with van der Waals surface area (Å²) in [4.78, 5) is 26.2. The molecule has 134 valence electrons. The predicted molar refractivity (Wildman–Crippen MR) is 102 cm³/mol. The Morgan fingerprint density at radius 3 is 2.73 bits per heavy atom. The molecule has 0 radical (unpaired) electrons. The highest BCUT2D eigenvalue weighted by Crippen LogP contribution is 2.20. The van der Waals surface area contributed by atoms with Crippen LogP contribution in [0.3, 0.4) is 0 Å². The van der Waals surface area contributed by atoms with Gasteiger partial charge in [0, 0.05) is 19.5 Å². The Morgan fingerprint density at radius 1 is 1.23 bits per heavy atom. The molecule has 0 aromatic heterocycles. The highest BCUT2D eigenvalue weighted by atomic mass is 16.2. The monoisotopic (exact) mass is 349 g/mol. The average molecular weight is 349 g/mol. The molecule has 1 atom stereocenters. The largest absolute Gasteiger partial charge is 0.338 e. The van der Waals surface area contributed by atoms with Gasteiger partial charge in [-0.25, -0.2) is 5.43 Å². The minimum Gasteiger partial charge on any atom is -0.338 e. The fourth-order valence-electron chi connectivity index (χ4n) is 3.13. The maximum Gasteiger partial charge on any atom is 0.245 e. The van der Waals surface area contributed by atoms with Gasteiger partial charge < -0.3 is 4.90 Å². The SMILES string of the molecule is Cc1ccc(/C=N/NC(=O)C2CC(=O)N(Cc3ccccc3)C2)c(C)c1. The molecule has 5 heteroatoms. The van der Waals surface area contributed by atoms with E-state index in [1.54, 1.807) is 11.1 Å². The maximum atomic E-state index is 12.3. The summed E-state index contributed by atoms with van der Waals surface area (Å²) in [7, 11) is 0. The number of hydrazone groups is 1. The van der Waals surface area contributed by atoms with Gasteiger partial charge in [0.25, 0.3) is 0 Å². The van der Waals surface area contributed by atoms with E-state index in [0.29, 0.717) is 13.1 Å². The third-order valence-corrected chi connectivity index (χ3v) is 4.61. The number of carbonyl (C=O) groups excluding carboxylic acids is 2. The van der Waals surface area contributed by atoms with E-state index in [2.05, 4.69) is 16.6 Å². The minimum absolute atomic E-state index is 0.00682. The lowest BCUT2D eigenvalue weighted by Crippen LogP contribution is -2.30. The molecule has 0 bridgehead atoms. The smallest absolute Gasteiger partial charge is 0.245 e. The van der Waals surface area contributed by atoms with Crippen molar-refractivity contribution in [2.24, 2.45) is 11.0 Å².